The molecule has 12 heavy (non-hydrogen) atoms. The highest BCUT2D eigenvalue weighted by atomic mass is 14.6. The second-order valence-corrected chi connectivity index (χ2v) is 5.25. The van der Waals surface area contributed by atoms with Crippen LogP contribution in [0.5, 0.6) is 0 Å². The Morgan fingerprint density at radius 2 is 2.08 bits per heavy atom. The standard InChI is InChI=1S/C12H18/c1-7-3-4-10-11-6-9(12(7)10)5-8(11)2/h3,8-12H,4-6H2,1-2H3. The van der Waals surface area contributed by atoms with Crippen LogP contribution >= 0.6 is 0 Å². The van der Waals surface area contributed by atoms with Gasteiger partial charge in [0.25, 0.3) is 0 Å². The molecule has 0 N–H and O–H groups in total. The molecule has 2 fully saturated rings. The molecule has 0 amide bonds. The van der Waals surface area contributed by atoms with E-state index in [2.05, 4.69) is 19.9 Å². The number of allylic oxidation sites excluding steroid dienone is 2. The van der Waals surface area contributed by atoms with Crippen LogP contribution < -0.4 is 0 Å². The van der Waals surface area contributed by atoms with Crippen molar-refractivity contribution < 1.29 is 0 Å². The van der Waals surface area contributed by atoms with Gasteiger partial charge in [-0.3, -0.25) is 0 Å². The molecule has 3 aliphatic rings. The van der Waals surface area contributed by atoms with Crippen LogP contribution in [0.4, 0.5) is 0 Å². The molecule has 0 heterocycles. The summed E-state index contributed by atoms with van der Waals surface area (Å²) in [6, 6.07) is 0. The molecule has 0 nitrogen and oxygen atoms in total. The Kier molecular flexibility index (Phi) is 1.29. The van der Waals surface area contributed by atoms with E-state index in [0.717, 1.165) is 29.6 Å². The van der Waals surface area contributed by atoms with Crippen LogP contribution in [0.3, 0.4) is 0 Å². The van der Waals surface area contributed by atoms with Gasteiger partial charge in [0, 0.05) is 0 Å². The van der Waals surface area contributed by atoms with Crippen LogP contribution in [-0.4, -0.2) is 0 Å². The van der Waals surface area contributed by atoms with E-state index in [1.165, 1.54) is 12.8 Å². The van der Waals surface area contributed by atoms with Gasteiger partial charge in [0.15, 0.2) is 0 Å². The Hall–Kier alpha value is -0.260. The summed E-state index contributed by atoms with van der Waals surface area (Å²) in [7, 11) is 0. The molecule has 0 aromatic rings. The summed E-state index contributed by atoms with van der Waals surface area (Å²) >= 11 is 0. The lowest BCUT2D eigenvalue weighted by molar-refractivity contribution is 0.213. The second kappa shape index (κ2) is 2.16. The Morgan fingerprint density at radius 3 is 2.92 bits per heavy atom. The maximum atomic E-state index is 2.51. The summed E-state index contributed by atoms with van der Waals surface area (Å²) in [5, 5.41) is 0. The minimum absolute atomic E-state index is 1.02. The van der Waals surface area contributed by atoms with Crippen molar-refractivity contribution in [3.05, 3.63) is 11.6 Å². The van der Waals surface area contributed by atoms with Crippen molar-refractivity contribution in [2.75, 3.05) is 0 Å². The largest absolute Gasteiger partial charge is 0.0850 e. The predicted molar refractivity (Wildman–Crippen MR) is 50.7 cm³/mol. The first-order valence-electron chi connectivity index (χ1n) is 5.44. The molecule has 3 rings (SSSR count). The molecule has 0 saturated heterocycles. The van der Waals surface area contributed by atoms with Crippen LogP contribution in [0.25, 0.3) is 0 Å². The van der Waals surface area contributed by atoms with Crippen molar-refractivity contribution in [2.45, 2.75) is 33.1 Å². The third kappa shape index (κ3) is 0.694. The fourth-order valence-corrected chi connectivity index (χ4v) is 4.33. The first kappa shape index (κ1) is 7.17. The Morgan fingerprint density at radius 1 is 1.25 bits per heavy atom. The summed E-state index contributed by atoms with van der Waals surface area (Å²) in [5.74, 6) is 5.29. The number of hydrogen-bond acceptors (Lipinski definition) is 0. The van der Waals surface area contributed by atoms with Crippen LogP contribution in [-0.2, 0) is 0 Å². The first-order chi connectivity index (χ1) is 5.77. The third-order valence-corrected chi connectivity index (χ3v) is 4.74. The highest BCUT2D eigenvalue weighted by molar-refractivity contribution is 5.20. The second-order valence-electron chi connectivity index (χ2n) is 5.25. The lowest BCUT2D eigenvalue weighted by Crippen LogP contribution is -2.23. The van der Waals surface area contributed by atoms with Crippen molar-refractivity contribution >= 4 is 0 Å². The van der Waals surface area contributed by atoms with E-state index in [4.69, 9.17) is 0 Å². The van der Waals surface area contributed by atoms with E-state index in [0.29, 0.717) is 0 Å². The zero-order valence-electron chi connectivity index (χ0n) is 8.09. The molecular formula is C12H18. The van der Waals surface area contributed by atoms with Crippen molar-refractivity contribution in [3.8, 4) is 0 Å². The van der Waals surface area contributed by atoms with E-state index >= 15 is 0 Å². The average Bonchev–Trinajstić information content (AvgIpc) is 2.62. The van der Waals surface area contributed by atoms with Crippen LogP contribution in [0.1, 0.15) is 33.1 Å². The number of hydrogen-bond donors (Lipinski definition) is 0. The summed E-state index contributed by atoms with van der Waals surface area (Å²) in [6.07, 6.45) is 6.99. The van der Waals surface area contributed by atoms with Crippen molar-refractivity contribution in [1.82, 2.24) is 0 Å². The summed E-state index contributed by atoms with van der Waals surface area (Å²) in [4.78, 5) is 0. The van der Waals surface area contributed by atoms with E-state index in [9.17, 15) is 0 Å². The maximum absolute atomic E-state index is 2.51. The normalized spacial score (nSPS) is 55.8. The predicted octanol–water partition coefficient (Wildman–Crippen LogP) is 3.24. The minimum Gasteiger partial charge on any atom is -0.0850 e. The zero-order chi connectivity index (χ0) is 8.29. The van der Waals surface area contributed by atoms with Crippen LogP contribution in [0, 0.1) is 29.6 Å². The number of fused-ring (bicyclic) bond motifs is 5. The van der Waals surface area contributed by atoms with Gasteiger partial charge in [-0.1, -0.05) is 18.6 Å². The Labute approximate surface area is 75.0 Å². The highest BCUT2D eigenvalue weighted by Crippen LogP contribution is 2.60. The quantitative estimate of drug-likeness (QED) is 0.480. The van der Waals surface area contributed by atoms with Crippen molar-refractivity contribution in [2.24, 2.45) is 29.6 Å². The van der Waals surface area contributed by atoms with Gasteiger partial charge < -0.3 is 0 Å². The lowest BCUT2D eigenvalue weighted by atomic mass is 9.74. The Balaban J connectivity index is 1.94. The third-order valence-electron chi connectivity index (χ3n) is 4.74. The van der Waals surface area contributed by atoms with Crippen molar-refractivity contribution in [1.29, 1.82) is 0 Å². The smallest absolute Gasteiger partial charge is 0.0143 e. The summed E-state index contributed by atoms with van der Waals surface area (Å²) in [5.41, 5.74) is 1.72. The fourth-order valence-electron chi connectivity index (χ4n) is 4.33. The molecule has 5 atom stereocenters. The van der Waals surface area contributed by atoms with Gasteiger partial charge in [-0.2, -0.15) is 0 Å². The molecule has 5 unspecified atom stereocenters. The minimum atomic E-state index is 1.02. The van der Waals surface area contributed by atoms with Gasteiger partial charge in [0.2, 0.25) is 0 Å². The van der Waals surface area contributed by atoms with Gasteiger partial charge in [-0.15, -0.1) is 0 Å². The van der Waals surface area contributed by atoms with E-state index in [1.807, 2.05) is 0 Å². The van der Waals surface area contributed by atoms with E-state index < -0.39 is 0 Å². The molecule has 0 heteroatoms. The van der Waals surface area contributed by atoms with Gasteiger partial charge in [0.1, 0.15) is 0 Å². The van der Waals surface area contributed by atoms with Gasteiger partial charge in [0.05, 0.1) is 0 Å². The van der Waals surface area contributed by atoms with Gasteiger partial charge >= 0.3 is 0 Å². The topological polar surface area (TPSA) is 0 Å². The molecule has 0 aromatic carbocycles. The van der Waals surface area contributed by atoms with Gasteiger partial charge in [-0.05, 0) is 55.8 Å². The molecule has 0 spiro atoms. The summed E-state index contributed by atoms with van der Waals surface area (Å²) < 4.78 is 0. The highest BCUT2D eigenvalue weighted by Gasteiger charge is 2.52. The average molecular weight is 162 g/mol. The van der Waals surface area contributed by atoms with Crippen molar-refractivity contribution in [3.63, 3.8) is 0 Å². The Bertz CT molecular complexity index is 238. The molecular weight excluding hydrogens is 144 g/mol. The molecule has 66 valence electrons. The van der Waals surface area contributed by atoms with E-state index in [1.54, 1.807) is 12.0 Å². The number of rotatable bonds is 0. The molecule has 0 aliphatic heterocycles. The maximum Gasteiger partial charge on any atom is -0.0143 e. The monoisotopic (exact) mass is 162 g/mol. The van der Waals surface area contributed by atoms with E-state index in [-0.39, 0.29) is 0 Å². The molecule has 2 bridgehead atoms. The molecule has 2 saturated carbocycles. The molecule has 0 aromatic heterocycles. The fraction of sp³-hybridized carbons (Fsp3) is 0.833. The van der Waals surface area contributed by atoms with Crippen LogP contribution in [0.2, 0.25) is 0 Å². The zero-order valence-corrected chi connectivity index (χ0v) is 8.09. The van der Waals surface area contributed by atoms with Gasteiger partial charge in [-0.25, -0.2) is 0 Å². The molecule has 3 aliphatic carbocycles. The summed E-state index contributed by atoms with van der Waals surface area (Å²) in [6.45, 7) is 4.82. The SMILES string of the molecule is CC1=CCC2C3CC(CC3C)C12. The molecule has 0 radical (unpaired) electrons. The lowest BCUT2D eigenvalue weighted by Gasteiger charge is -2.30. The van der Waals surface area contributed by atoms with Crippen LogP contribution in [0.15, 0.2) is 11.6 Å². The first-order valence-corrected chi connectivity index (χ1v) is 5.44.